The van der Waals surface area contributed by atoms with Crippen molar-refractivity contribution >= 4 is 35.0 Å². The lowest BCUT2D eigenvalue weighted by atomic mass is 10.1. The number of rotatable bonds is 4. The average Bonchev–Trinajstić information content (AvgIpc) is 2.95. The van der Waals surface area contributed by atoms with Gasteiger partial charge in [0.1, 0.15) is 0 Å². The van der Waals surface area contributed by atoms with E-state index in [2.05, 4.69) is 0 Å². The highest BCUT2D eigenvalue weighted by molar-refractivity contribution is 6.35. The molecule has 2 heterocycles. The van der Waals surface area contributed by atoms with E-state index >= 15 is 0 Å². The van der Waals surface area contributed by atoms with Crippen LogP contribution in [-0.2, 0) is 20.7 Å². The van der Waals surface area contributed by atoms with Gasteiger partial charge in [-0.05, 0) is 24.1 Å². The first-order chi connectivity index (χ1) is 11.5. The molecule has 0 aromatic heterocycles. The Kier molecular flexibility index (Phi) is 5.64. The first kappa shape index (κ1) is 17.5. The Hall–Kier alpha value is -1.30. The minimum atomic E-state index is -0.240. The maximum absolute atomic E-state index is 12.5. The highest BCUT2D eigenvalue weighted by Gasteiger charge is 2.36. The quantitative estimate of drug-likeness (QED) is 0.816. The van der Waals surface area contributed by atoms with Crippen molar-refractivity contribution in [1.82, 2.24) is 9.80 Å². The molecular weight excluding hydrogens is 351 g/mol. The number of morpholine rings is 1. The topological polar surface area (TPSA) is 49.9 Å². The third-order valence-electron chi connectivity index (χ3n) is 4.55. The van der Waals surface area contributed by atoms with Crippen LogP contribution in [0.1, 0.15) is 12.0 Å². The molecule has 2 saturated heterocycles. The van der Waals surface area contributed by atoms with Gasteiger partial charge in [-0.1, -0.05) is 29.3 Å². The highest BCUT2D eigenvalue weighted by Crippen LogP contribution is 2.24. The summed E-state index contributed by atoms with van der Waals surface area (Å²) >= 11 is 12.1. The van der Waals surface area contributed by atoms with Crippen LogP contribution in [-0.4, -0.2) is 61.0 Å². The van der Waals surface area contributed by atoms with Crippen molar-refractivity contribution < 1.29 is 14.3 Å². The predicted octanol–water partition coefficient (Wildman–Crippen LogP) is 2.24. The number of hydrogen-bond donors (Lipinski definition) is 0. The van der Waals surface area contributed by atoms with Gasteiger partial charge in [-0.3, -0.25) is 9.59 Å². The van der Waals surface area contributed by atoms with E-state index in [1.54, 1.807) is 21.9 Å². The highest BCUT2D eigenvalue weighted by atomic mass is 35.5. The second-order valence-corrected chi connectivity index (χ2v) is 7.01. The van der Waals surface area contributed by atoms with Crippen LogP contribution in [0.2, 0.25) is 10.0 Å². The molecule has 24 heavy (non-hydrogen) atoms. The molecule has 3 rings (SSSR count). The molecule has 2 aliphatic rings. The molecule has 2 fully saturated rings. The van der Waals surface area contributed by atoms with Crippen LogP contribution in [0, 0.1) is 5.92 Å². The summed E-state index contributed by atoms with van der Waals surface area (Å²) in [6, 6.07) is 5.37. The van der Waals surface area contributed by atoms with Crippen molar-refractivity contribution in [2.45, 2.75) is 12.8 Å². The van der Waals surface area contributed by atoms with Gasteiger partial charge in [0.2, 0.25) is 11.8 Å². The maximum Gasteiger partial charge on any atom is 0.228 e. The maximum atomic E-state index is 12.5. The summed E-state index contributed by atoms with van der Waals surface area (Å²) in [5.74, 6) is -0.137. The molecule has 2 amide bonds. The Bertz CT molecular complexity index is 632. The first-order valence-corrected chi connectivity index (χ1v) is 8.88. The average molecular weight is 371 g/mol. The molecule has 0 aliphatic carbocycles. The van der Waals surface area contributed by atoms with Gasteiger partial charge in [-0.2, -0.15) is 0 Å². The zero-order valence-corrected chi connectivity index (χ0v) is 14.9. The van der Waals surface area contributed by atoms with E-state index in [1.807, 2.05) is 6.07 Å². The van der Waals surface area contributed by atoms with Crippen molar-refractivity contribution in [3.63, 3.8) is 0 Å². The summed E-state index contributed by atoms with van der Waals surface area (Å²) in [7, 11) is 0. The molecule has 1 aromatic carbocycles. The minimum absolute atomic E-state index is 0.0340. The van der Waals surface area contributed by atoms with E-state index in [9.17, 15) is 9.59 Å². The Morgan fingerprint density at radius 3 is 2.71 bits per heavy atom. The largest absolute Gasteiger partial charge is 0.378 e. The van der Waals surface area contributed by atoms with Crippen molar-refractivity contribution in [1.29, 1.82) is 0 Å². The standard InChI is InChI=1S/C17H20Cl2N2O3/c18-14-2-1-12(15(19)10-14)3-4-21-11-13(9-16(21)22)17(23)20-5-7-24-8-6-20/h1-2,10,13H,3-9,11H2. The number of benzene rings is 1. The molecule has 5 nitrogen and oxygen atoms in total. The monoisotopic (exact) mass is 370 g/mol. The lowest BCUT2D eigenvalue weighted by molar-refractivity contribution is -0.139. The molecular formula is C17H20Cl2N2O3. The van der Waals surface area contributed by atoms with Crippen LogP contribution < -0.4 is 0 Å². The van der Waals surface area contributed by atoms with Gasteiger partial charge < -0.3 is 14.5 Å². The molecule has 0 N–H and O–H groups in total. The smallest absolute Gasteiger partial charge is 0.228 e. The number of ether oxygens (including phenoxy) is 1. The number of carbonyl (C=O) groups is 2. The molecule has 1 aromatic rings. The van der Waals surface area contributed by atoms with E-state index in [0.717, 1.165) is 5.56 Å². The molecule has 0 bridgehead atoms. The van der Waals surface area contributed by atoms with Gasteiger partial charge in [-0.15, -0.1) is 0 Å². The molecule has 0 radical (unpaired) electrons. The van der Waals surface area contributed by atoms with E-state index < -0.39 is 0 Å². The fraction of sp³-hybridized carbons (Fsp3) is 0.529. The van der Waals surface area contributed by atoms with E-state index in [0.29, 0.717) is 62.3 Å². The third-order valence-corrected chi connectivity index (χ3v) is 5.14. The van der Waals surface area contributed by atoms with Gasteiger partial charge in [0.15, 0.2) is 0 Å². The minimum Gasteiger partial charge on any atom is -0.378 e. The molecule has 2 aliphatic heterocycles. The van der Waals surface area contributed by atoms with Gasteiger partial charge >= 0.3 is 0 Å². The van der Waals surface area contributed by atoms with Gasteiger partial charge in [0, 0.05) is 42.6 Å². The summed E-state index contributed by atoms with van der Waals surface area (Å²) in [6.07, 6.45) is 0.949. The second-order valence-electron chi connectivity index (χ2n) is 6.16. The Morgan fingerprint density at radius 1 is 1.25 bits per heavy atom. The van der Waals surface area contributed by atoms with Crippen LogP contribution in [0.4, 0.5) is 0 Å². The van der Waals surface area contributed by atoms with E-state index in [1.165, 1.54) is 0 Å². The zero-order valence-electron chi connectivity index (χ0n) is 13.3. The van der Waals surface area contributed by atoms with Gasteiger partial charge in [0.05, 0.1) is 19.1 Å². The molecule has 0 spiro atoms. The summed E-state index contributed by atoms with van der Waals surface area (Å²) in [5, 5.41) is 1.20. The van der Waals surface area contributed by atoms with Crippen LogP contribution in [0.3, 0.4) is 0 Å². The SMILES string of the molecule is O=C1CC(C(=O)N2CCOCC2)CN1CCc1ccc(Cl)cc1Cl. The number of carbonyl (C=O) groups excluding carboxylic acids is 2. The number of hydrogen-bond acceptors (Lipinski definition) is 3. The number of halogens is 2. The summed E-state index contributed by atoms with van der Waals surface area (Å²) in [4.78, 5) is 28.3. The normalized spacial score (nSPS) is 21.4. The lowest BCUT2D eigenvalue weighted by Crippen LogP contribution is -2.44. The first-order valence-electron chi connectivity index (χ1n) is 8.13. The van der Waals surface area contributed by atoms with Gasteiger partial charge in [-0.25, -0.2) is 0 Å². The zero-order chi connectivity index (χ0) is 17.1. The van der Waals surface area contributed by atoms with Crippen LogP contribution in [0.15, 0.2) is 18.2 Å². The molecule has 0 saturated carbocycles. The summed E-state index contributed by atoms with van der Waals surface area (Å²) < 4.78 is 5.27. The van der Waals surface area contributed by atoms with Crippen molar-refractivity contribution in [2.75, 3.05) is 39.4 Å². The Morgan fingerprint density at radius 2 is 2.00 bits per heavy atom. The van der Waals surface area contributed by atoms with E-state index in [4.69, 9.17) is 27.9 Å². The molecule has 130 valence electrons. The van der Waals surface area contributed by atoms with Crippen molar-refractivity contribution in [3.05, 3.63) is 33.8 Å². The fourth-order valence-electron chi connectivity index (χ4n) is 3.18. The Labute approximate surface area is 151 Å². The fourth-order valence-corrected chi connectivity index (χ4v) is 3.68. The van der Waals surface area contributed by atoms with Crippen LogP contribution in [0.5, 0.6) is 0 Å². The number of amides is 2. The molecule has 1 atom stereocenters. The molecule has 7 heteroatoms. The van der Waals surface area contributed by atoms with Crippen molar-refractivity contribution in [3.8, 4) is 0 Å². The number of nitrogens with zero attached hydrogens (tertiary/aromatic N) is 2. The summed E-state index contributed by atoms with van der Waals surface area (Å²) in [6.45, 7) is 3.43. The summed E-state index contributed by atoms with van der Waals surface area (Å²) in [5.41, 5.74) is 0.955. The lowest BCUT2D eigenvalue weighted by Gasteiger charge is -2.29. The predicted molar refractivity (Wildman–Crippen MR) is 92.3 cm³/mol. The second kappa shape index (κ2) is 7.72. The van der Waals surface area contributed by atoms with Crippen molar-refractivity contribution in [2.24, 2.45) is 5.92 Å². The molecule has 1 unspecified atom stereocenters. The van der Waals surface area contributed by atoms with E-state index in [-0.39, 0.29) is 17.7 Å². The van der Waals surface area contributed by atoms with Crippen LogP contribution >= 0.6 is 23.2 Å². The van der Waals surface area contributed by atoms with Crippen LogP contribution in [0.25, 0.3) is 0 Å². The Balaban J connectivity index is 1.55. The third kappa shape index (κ3) is 4.02. The number of likely N-dealkylation sites (tertiary alicyclic amines) is 1. The van der Waals surface area contributed by atoms with Gasteiger partial charge in [0.25, 0.3) is 0 Å².